The Morgan fingerprint density at radius 1 is 0.750 bits per heavy atom. The predicted octanol–water partition coefficient (Wildman–Crippen LogP) is 8.61. The molecule has 0 fully saturated rings. The molecule has 1 amide bonds. The molecule has 1 N–H and O–H groups in total. The van der Waals surface area contributed by atoms with Crippen molar-refractivity contribution in [2.45, 2.75) is 103 Å². The van der Waals surface area contributed by atoms with Crippen LogP contribution in [-0.2, 0) is 24.1 Å². The summed E-state index contributed by atoms with van der Waals surface area (Å²) < 4.78 is 5.92. The molecule has 0 saturated carbocycles. The molecule has 2 aromatic rings. The number of carbonyl (C=O) groups is 1. The summed E-state index contributed by atoms with van der Waals surface area (Å²) in [5.74, 6) is 1.02. The van der Waals surface area contributed by atoms with E-state index in [1.807, 2.05) is 24.3 Å². The van der Waals surface area contributed by atoms with Gasteiger partial charge in [0.05, 0.1) is 13.0 Å². The summed E-state index contributed by atoms with van der Waals surface area (Å²) >= 11 is 3.47. The summed E-state index contributed by atoms with van der Waals surface area (Å²) in [6, 6.07) is 16.6. The number of carbonyl (C=O) groups excluding carboxylic acids is 1. The van der Waals surface area contributed by atoms with Crippen molar-refractivity contribution >= 4 is 21.8 Å². The first-order chi connectivity index (χ1) is 17.7. The Hall–Kier alpha value is -1.81. The average Bonchev–Trinajstić information content (AvgIpc) is 2.88. The van der Waals surface area contributed by atoms with Crippen molar-refractivity contribution in [2.24, 2.45) is 0 Å². The summed E-state index contributed by atoms with van der Waals surface area (Å²) in [4.78, 5) is 12.3. The topological polar surface area (TPSA) is 38.3 Å². The lowest BCUT2D eigenvalue weighted by Gasteiger charge is -2.09. The Kier molecular flexibility index (Phi) is 17.1. The fourth-order valence-electron chi connectivity index (χ4n) is 4.48. The summed E-state index contributed by atoms with van der Waals surface area (Å²) in [7, 11) is 0. The fraction of sp³-hybridized carbons (Fsp3) is 0.594. The lowest BCUT2D eigenvalue weighted by atomic mass is 10.1. The van der Waals surface area contributed by atoms with Gasteiger partial charge in [-0.05, 0) is 48.1 Å². The molecular weight excluding hydrogens is 510 g/mol. The van der Waals surface area contributed by atoms with Crippen LogP contribution in [0.3, 0.4) is 0 Å². The summed E-state index contributed by atoms with van der Waals surface area (Å²) in [6.45, 7) is 3.73. The van der Waals surface area contributed by atoms with Gasteiger partial charge in [-0.25, -0.2) is 0 Å². The number of amides is 1. The van der Waals surface area contributed by atoms with Crippen LogP contribution in [0, 0.1) is 0 Å². The van der Waals surface area contributed by atoms with E-state index in [2.05, 4.69) is 52.4 Å². The molecule has 4 heteroatoms. The second-order valence-electron chi connectivity index (χ2n) is 9.92. The van der Waals surface area contributed by atoms with Crippen LogP contribution in [0.1, 0.15) is 101 Å². The van der Waals surface area contributed by atoms with Gasteiger partial charge >= 0.3 is 0 Å². The maximum atomic E-state index is 12.3. The van der Waals surface area contributed by atoms with Crippen molar-refractivity contribution in [3.63, 3.8) is 0 Å². The number of aryl methyl sites for hydroxylation is 1. The zero-order valence-electron chi connectivity index (χ0n) is 22.5. The molecule has 0 radical (unpaired) electrons. The minimum Gasteiger partial charge on any atom is -0.494 e. The lowest BCUT2D eigenvalue weighted by molar-refractivity contribution is -0.120. The molecule has 3 nitrogen and oxygen atoms in total. The second-order valence-corrected chi connectivity index (χ2v) is 10.7. The Bertz CT molecular complexity index is 821. The van der Waals surface area contributed by atoms with E-state index >= 15 is 0 Å². The van der Waals surface area contributed by atoms with Crippen LogP contribution in [0.4, 0.5) is 0 Å². The van der Waals surface area contributed by atoms with E-state index in [-0.39, 0.29) is 5.91 Å². The summed E-state index contributed by atoms with van der Waals surface area (Å²) in [6.07, 6.45) is 18.5. The molecule has 2 aromatic carbocycles. The van der Waals surface area contributed by atoms with E-state index < -0.39 is 0 Å². The van der Waals surface area contributed by atoms with Crippen LogP contribution < -0.4 is 10.1 Å². The molecule has 0 aromatic heterocycles. The van der Waals surface area contributed by atoms with Gasteiger partial charge < -0.3 is 10.1 Å². The van der Waals surface area contributed by atoms with E-state index in [4.69, 9.17) is 4.74 Å². The molecule has 200 valence electrons. The van der Waals surface area contributed by atoms with Crippen LogP contribution in [0.2, 0.25) is 0 Å². The maximum Gasteiger partial charge on any atom is 0.224 e. The Morgan fingerprint density at radius 2 is 1.36 bits per heavy atom. The van der Waals surface area contributed by atoms with E-state index in [1.54, 1.807) is 0 Å². The van der Waals surface area contributed by atoms with Gasteiger partial charge in [-0.1, -0.05) is 130 Å². The first-order valence-electron chi connectivity index (χ1n) is 14.3. The second kappa shape index (κ2) is 20.3. The summed E-state index contributed by atoms with van der Waals surface area (Å²) in [5.41, 5.74) is 3.55. The van der Waals surface area contributed by atoms with Crippen molar-refractivity contribution < 1.29 is 9.53 Å². The van der Waals surface area contributed by atoms with E-state index in [0.717, 1.165) is 42.5 Å². The quantitative estimate of drug-likeness (QED) is 0.123. The zero-order chi connectivity index (χ0) is 25.7. The monoisotopic (exact) mass is 557 g/mol. The molecule has 0 aliphatic heterocycles. The lowest BCUT2D eigenvalue weighted by Crippen LogP contribution is -2.27. The number of halogens is 1. The SMILES string of the molecule is CCCCCCCCCCCCCCOc1ccc(CCNC(=O)Cc2cccc(CCBr)c2)cc1. The van der Waals surface area contributed by atoms with Crippen LogP contribution in [0.15, 0.2) is 48.5 Å². The third-order valence-corrected chi connectivity index (χ3v) is 7.06. The van der Waals surface area contributed by atoms with E-state index in [9.17, 15) is 4.79 Å². The molecule has 2 rings (SSSR count). The number of ether oxygens (including phenoxy) is 1. The first kappa shape index (κ1) is 30.4. The van der Waals surface area contributed by atoms with Crippen molar-refractivity contribution in [3.05, 3.63) is 65.2 Å². The van der Waals surface area contributed by atoms with Crippen LogP contribution in [0.25, 0.3) is 0 Å². The minimum atomic E-state index is 0.0772. The normalized spacial score (nSPS) is 10.9. The summed E-state index contributed by atoms with van der Waals surface area (Å²) in [5, 5.41) is 3.98. The predicted molar refractivity (Wildman–Crippen MR) is 157 cm³/mol. The van der Waals surface area contributed by atoms with Gasteiger partial charge in [0.1, 0.15) is 5.75 Å². The molecule has 0 aliphatic carbocycles. The van der Waals surface area contributed by atoms with Crippen molar-refractivity contribution in [1.29, 1.82) is 0 Å². The minimum absolute atomic E-state index is 0.0772. The number of hydrogen-bond acceptors (Lipinski definition) is 2. The van der Waals surface area contributed by atoms with Gasteiger partial charge in [-0.15, -0.1) is 0 Å². The van der Waals surface area contributed by atoms with Gasteiger partial charge in [-0.2, -0.15) is 0 Å². The fourth-order valence-corrected chi connectivity index (χ4v) is 4.94. The number of rotatable bonds is 21. The van der Waals surface area contributed by atoms with Gasteiger partial charge in [0, 0.05) is 11.9 Å². The third-order valence-electron chi connectivity index (χ3n) is 6.67. The standard InChI is InChI=1S/C32H48BrNO2/c1-2-3-4-5-6-7-8-9-10-11-12-13-25-36-31-19-17-28(18-20-31)22-24-34-32(35)27-30-16-14-15-29(26-30)21-23-33/h14-20,26H,2-13,21-25,27H2,1H3,(H,34,35). The van der Waals surface area contributed by atoms with Crippen LogP contribution in [0.5, 0.6) is 5.75 Å². The molecule has 0 unspecified atom stereocenters. The molecule has 0 spiro atoms. The van der Waals surface area contributed by atoms with Crippen molar-refractivity contribution in [1.82, 2.24) is 5.32 Å². The number of nitrogens with one attached hydrogen (secondary N) is 1. The van der Waals surface area contributed by atoms with Crippen LogP contribution in [-0.4, -0.2) is 24.4 Å². The van der Waals surface area contributed by atoms with Gasteiger partial charge in [0.2, 0.25) is 5.91 Å². The highest BCUT2D eigenvalue weighted by atomic mass is 79.9. The molecule has 0 heterocycles. The maximum absolute atomic E-state index is 12.3. The van der Waals surface area contributed by atoms with E-state index in [1.165, 1.54) is 81.8 Å². The third kappa shape index (κ3) is 14.7. The largest absolute Gasteiger partial charge is 0.494 e. The number of alkyl halides is 1. The Balaban J connectivity index is 1.48. The number of unbranched alkanes of at least 4 members (excludes halogenated alkanes) is 11. The molecule has 0 aliphatic rings. The van der Waals surface area contributed by atoms with Gasteiger partial charge in [-0.3, -0.25) is 4.79 Å². The molecule has 36 heavy (non-hydrogen) atoms. The molecule has 0 bridgehead atoms. The highest BCUT2D eigenvalue weighted by molar-refractivity contribution is 9.09. The first-order valence-corrected chi connectivity index (χ1v) is 15.5. The smallest absolute Gasteiger partial charge is 0.224 e. The van der Waals surface area contributed by atoms with E-state index in [0.29, 0.717) is 13.0 Å². The van der Waals surface area contributed by atoms with Gasteiger partial charge in [0.25, 0.3) is 0 Å². The Labute approximate surface area is 228 Å². The highest BCUT2D eigenvalue weighted by Gasteiger charge is 2.04. The average molecular weight is 559 g/mol. The van der Waals surface area contributed by atoms with Crippen LogP contribution >= 0.6 is 15.9 Å². The van der Waals surface area contributed by atoms with Crippen molar-refractivity contribution in [2.75, 3.05) is 18.5 Å². The van der Waals surface area contributed by atoms with Gasteiger partial charge in [0.15, 0.2) is 0 Å². The zero-order valence-corrected chi connectivity index (χ0v) is 24.1. The molecule has 0 saturated heterocycles. The number of hydrogen-bond donors (Lipinski definition) is 1. The molecular formula is C32H48BrNO2. The molecule has 0 atom stereocenters. The van der Waals surface area contributed by atoms with Crippen molar-refractivity contribution in [3.8, 4) is 5.75 Å². The number of benzene rings is 2. The highest BCUT2D eigenvalue weighted by Crippen LogP contribution is 2.15. The Morgan fingerprint density at radius 3 is 2.00 bits per heavy atom.